The van der Waals surface area contributed by atoms with Crippen LogP contribution in [0.3, 0.4) is 0 Å². The first kappa shape index (κ1) is 25.0. The molecule has 2 aliphatic heterocycles. The van der Waals surface area contributed by atoms with E-state index in [0.717, 1.165) is 11.1 Å². The Morgan fingerprint density at radius 3 is 2.84 bits per heavy atom. The number of cyclic esters (lactones) is 1. The second kappa shape index (κ2) is 9.98. The zero-order valence-corrected chi connectivity index (χ0v) is 20.0. The number of hydrogen-bond acceptors (Lipinski definition) is 9. The van der Waals surface area contributed by atoms with E-state index in [2.05, 4.69) is 10.3 Å². The Balaban J connectivity index is 1.48. The van der Waals surface area contributed by atoms with Crippen molar-refractivity contribution in [2.75, 3.05) is 26.5 Å². The monoisotopic (exact) mass is 512 g/mol. The number of carbonyl (C=O) groups excluding carboxylic acids is 2. The zero-order chi connectivity index (χ0) is 26.3. The number of nitrogens with zero attached hydrogens (tertiary/aromatic N) is 2. The van der Waals surface area contributed by atoms with Gasteiger partial charge >= 0.3 is 5.97 Å². The average Bonchev–Trinajstić information content (AvgIpc) is 3.25. The largest absolute Gasteiger partial charge is 0.458 e. The van der Waals surface area contributed by atoms with Crippen LogP contribution in [0.2, 0.25) is 0 Å². The number of aliphatic hydroxyl groups is 1. The molecule has 0 spiro atoms. The maximum Gasteiger partial charge on any atom is 0.340 e. The Labute approximate surface area is 209 Å². The van der Waals surface area contributed by atoms with Gasteiger partial charge in [0.2, 0.25) is 5.91 Å². The van der Waals surface area contributed by atoms with E-state index in [1.54, 1.807) is 19.1 Å². The van der Waals surface area contributed by atoms with Crippen molar-refractivity contribution in [1.82, 2.24) is 14.9 Å². The molecule has 3 aromatic rings. The number of amides is 1. The first-order chi connectivity index (χ1) is 17.8. The normalized spacial score (nSPS) is 15.8. The number of aryl methyl sites for hydroxylation is 1. The Morgan fingerprint density at radius 2 is 2.05 bits per heavy atom. The summed E-state index contributed by atoms with van der Waals surface area (Å²) >= 11 is 0. The number of esters is 1. The Kier molecular flexibility index (Phi) is 6.73. The van der Waals surface area contributed by atoms with E-state index >= 15 is 0 Å². The Morgan fingerprint density at radius 1 is 1.27 bits per heavy atom. The Bertz CT molecular complexity index is 1490. The van der Waals surface area contributed by atoms with Crippen LogP contribution in [0.1, 0.15) is 33.9 Å². The maximum absolute atomic E-state index is 14.5. The number of aliphatic hydroxyl groups excluding tert-OH is 1. The predicted octanol–water partition coefficient (Wildman–Crippen LogP) is 0.529. The number of fused-ring (bicyclic) bond motifs is 5. The molecular formula is C25H25FN4O7. The van der Waals surface area contributed by atoms with Gasteiger partial charge in [-0.3, -0.25) is 9.59 Å². The van der Waals surface area contributed by atoms with Gasteiger partial charge in [-0.05, 0) is 30.2 Å². The summed E-state index contributed by atoms with van der Waals surface area (Å²) in [7, 11) is 0. The summed E-state index contributed by atoms with van der Waals surface area (Å²) in [5.41, 5.74) is 8.43. The average molecular weight is 512 g/mol. The van der Waals surface area contributed by atoms with E-state index in [0.29, 0.717) is 27.9 Å². The molecule has 0 bridgehead atoms. The van der Waals surface area contributed by atoms with Crippen molar-refractivity contribution < 1.29 is 33.3 Å². The van der Waals surface area contributed by atoms with E-state index in [-0.39, 0.29) is 68.8 Å². The van der Waals surface area contributed by atoms with Gasteiger partial charge in [-0.25, -0.2) is 14.2 Å². The molecule has 12 heteroatoms. The van der Waals surface area contributed by atoms with E-state index in [1.165, 1.54) is 10.6 Å². The zero-order valence-electron chi connectivity index (χ0n) is 20.0. The van der Waals surface area contributed by atoms with Gasteiger partial charge in [0.25, 0.3) is 5.56 Å². The van der Waals surface area contributed by atoms with Crippen LogP contribution in [0.4, 0.5) is 4.39 Å². The summed E-state index contributed by atoms with van der Waals surface area (Å²) < 4.78 is 32.1. The smallest absolute Gasteiger partial charge is 0.340 e. The molecule has 37 heavy (non-hydrogen) atoms. The van der Waals surface area contributed by atoms with E-state index in [9.17, 15) is 23.9 Å². The van der Waals surface area contributed by atoms with Crippen molar-refractivity contribution in [1.29, 1.82) is 0 Å². The van der Waals surface area contributed by atoms with Gasteiger partial charge in [0.05, 0.1) is 55.4 Å². The highest BCUT2D eigenvalue weighted by Gasteiger charge is 2.34. The second-order valence-corrected chi connectivity index (χ2v) is 8.81. The number of rotatable bonds is 8. The van der Waals surface area contributed by atoms with Crippen LogP contribution in [0, 0.1) is 12.7 Å². The lowest BCUT2D eigenvalue weighted by atomic mass is 9.98. The maximum atomic E-state index is 14.5. The molecule has 0 aliphatic carbocycles. The topological polar surface area (TPSA) is 155 Å². The molecular weight excluding hydrogens is 487 g/mol. The lowest BCUT2D eigenvalue weighted by Crippen LogP contribution is -2.32. The summed E-state index contributed by atoms with van der Waals surface area (Å²) in [5, 5.41) is 13.5. The van der Waals surface area contributed by atoms with Crippen molar-refractivity contribution in [3.05, 3.63) is 62.2 Å². The fraction of sp³-hybridized carbons (Fsp3) is 0.360. The van der Waals surface area contributed by atoms with Crippen molar-refractivity contribution in [3.8, 4) is 11.4 Å². The predicted molar refractivity (Wildman–Crippen MR) is 128 cm³/mol. The summed E-state index contributed by atoms with van der Waals surface area (Å²) in [5.74, 6) is -1.57. The number of nitrogens with one attached hydrogen (secondary N) is 1. The minimum atomic E-state index is -1.57. The van der Waals surface area contributed by atoms with Crippen LogP contribution in [-0.2, 0) is 43.6 Å². The highest BCUT2D eigenvalue weighted by molar-refractivity contribution is 5.89. The molecule has 5 rings (SSSR count). The fourth-order valence-corrected chi connectivity index (χ4v) is 4.57. The number of halogens is 1. The molecule has 0 unspecified atom stereocenters. The molecule has 0 saturated heterocycles. The minimum absolute atomic E-state index is 0.00636. The standard InChI is InChI=1S/C25H25FN4O7/c1-12-4-13-16(9-35-2-3-36-11-28-21(31)7-27)15-8-30-20(22(15)29-19(13)6-18(12)26)5-14-17(24(30)33)10-37-25(34)23(14)32/h4-6,23,32H,2-3,7-11,27H2,1H3,(H,28,31)/t23-/m0/s1. The summed E-state index contributed by atoms with van der Waals surface area (Å²) in [6.07, 6.45) is -1.57. The molecule has 0 radical (unpaired) electrons. The molecule has 0 saturated carbocycles. The van der Waals surface area contributed by atoms with E-state index in [1.807, 2.05) is 0 Å². The van der Waals surface area contributed by atoms with Crippen LogP contribution in [0.15, 0.2) is 23.0 Å². The van der Waals surface area contributed by atoms with Crippen LogP contribution in [-0.4, -0.2) is 53.0 Å². The number of hydrogen-bond donors (Lipinski definition) is 3. The molecule has 1 atom stereocenters. The third-order valence-electron chi connectivity index (χ3n) is 6.53. The number of nitrogens with two attached hydrogens (primary N) is 1. The van der Waals surface area contributed by atoms with Gasteiger partial charge in [-0.1, -0.05) is 0 Å². The molecule has 4 heterocycles. The van der Waals surface area contributed by atoms with Crippen molar-refractivity contribution in [3.63, 3.8) is 0 Å². The van der Waals surface area contributed by atoms with Crippen LogP contribution >= 0.6 is 0 Å². The van der Waals surface area contributed by atoms with Crippen molar-refractivity contribution in [2.24, 2.45) is 5.73 Å². The lowest BCUT2D eigenvalue weighted by molar-refractivity contribution is -0.157. The molecule has 4 N–H and O–H groups in total. The van der Waals surface area contributed by atoms with Gasteiger partial charge in [0, 0.05) is 22.6 Å². The minimum Gasteiger partial charge on any atom is -0.458 e. The number of carbonyl (C=O) groups is 2. The molecule has 1 amide bonds. The van der Waals surface area contributed by atoms with E-state index in [4.69, 9.17) is 19.9 Å². The molecule has 2 aliphatic rings. The van der Waals surface area contributed by atoms with Crippen molar-refractivity contribution >= 4 is 22.8 Å². The first-order valence-corrected chi connectivity index (χ1v) is 11.7. The second-order valence-electron chi connectivity index (χ2n) is 8.81. The molecule has 194 valence electrons. The number of ether oxygens (including phenoxy) is 3. The fourth-order valence-electron chi connectivity index (χ4n) is 4.57. The van der Waals surface area contributed by atoms with Gasteiger partial charge in [0.15, 0.2) is 6.10 Å². The number of benzene rings is 1. The summed E-state index contributed by atoms with van der Waals surface area (Å²) in [6.45, 7) is 2.07. The Hall–Kier alpha value is -3.71. The van der Waals surface area contributed by atoms with Gasteiger partial charge in [0.1, 0.15) is 19.2 Å². The summed E-state index contributed by atoms with van der Waals surface area (Å²) in [6, 6.07) is 4.61. The molecule has 2 aromatic heterocycles. The third kappa shape index (κ3) is 4.48. The van der Waals surface area contributed by atoms with Crippen LogP contribution in [0.5, 0.6) is 0 Å². The number of aromatic nitrogens is 2. The molecule has 0 fully saturated rings. The quantitative estimate of drug-likeness (QED) is 0.174. The number of pyridine rings is 2. The SMILES string of the molecule is Cc1cc2c(COCCOCNC(=O)CN)c3c(nc2cc1F)-c1cc2c(c(=O)n1C3)COC(=O)[C@H]2O. The first-order valence-electron chi connectivity index (χ1n) is 11.7. The third-order valence-corrected chi connectivity index (χ3v) is 6.53. The van der Waals surface area contributed by atoms with Gasteiger partial charge in [-0.15, -0.1) is 0 Å². The lowest BCUT2D eigenvalue weighted by Gasteiger charge is -2.21. The van der Waals surface area contributed by atoms with Gasteiger partial charge in [-0.2, -0.15) is 0 Å². The molecule has 11 nitrogen and oxygen atoms in total. The van der Waals surface area contributed by atoms with Crippen LogP contribution in [0.25, 0.3) is 22.3 Å². The summed E-state index contributed by atoms with van der Waals surface area (Å²) in [4.78, 5) is 41.0. The van der Waals surface area contributed by atoms with Crippen molar-refractivity contribution in [2.45, 2.75) is 32.8 Å². The van der Waals surface area contributed by atoms with E-state index < -0.39 is 17.9 Å². The highest BCUT2D eigenvalue weighted by Crippen LogP contribution is 2.38. The molecule has 1 aromatic carbocycles. The van der Waals surface area contributed by atoms with Crippen LogP contribution < -0.4 is 16.6 Å². The highest BCUT2D eigenvalue weighted by atomic mass is 19.1. The van der Waals surface area contributed by atoms with Gasteiger partial charge < -0.3 is 34.9 Å².